The summed E-state index contributed by atoms with van der Waals surface area (Å²) in [6.45, 7) is 0.892. The second-order valence-corrected chi connectivity index (χ2v) is 6.03. The highest BCUT2D eigenvalue weighted by atomic mass is 16.5. The van der Waals surface area contributed by atoms with Crippen molar-refractivity contribution in [3.63, 3.8) is 0 Å². The standard InChI is InChI=1S/C15H24N2O2/c16-17-14(5-4-13-3-1-9-18-13)12-6-10-19-15(11-12)7-2-8-15/h1,3,9,12,14,17H,2,4-8,10-11,16H2. The second kappa shape index (κ2) is 5.65. The maximum absolute atomic E-state index is 5.99. The highest BCUT2D eigenvalue weighted by Crippen LogP contribution is 2.45. The third-order valence-corrected chi connectivity index (χ3v) is 4.86. The summed E-state index contributed by atoms with van der Waals surface area (Å²) in [5.74, 6) is 7.45. The number of hydrogen-bond donors (Lipinski definition) is 2. The van der Waals surface area contributed by atoms with Crippen LogP contribution in [0.1, 0.15) is 44.3 Å². The van der Waals surface area contributed by atoms with Gasteiger partial charge in [0.05, 0.1) is 11.9 Å². The van der Waals surface area contributed by atoms with Crippen LogP contribution in [0.25, 0.3) is 0 Å². The Labute approximate surface area is 114 Å². The summed E-state index contributed by atoms with van der Waals surface area (Å²) in [5.41, 5.74) is 3.22. The first-order valence-electron chi connectivity index (χ1n) is 7.44. The van der Waals surface area contributed by atoms with Gasteiger partial charge in [-0.3, -0.25) is 11.3 Å². The highest BCUT2D eigenvalue weighted by molar-refractivity contribution is 5.00. The van der Waals surface area contributed by atoms with Crippen LogP contribution in [-0.2, 0) is 11.2 Å². The molecule has 1 saturated heterocycles. The molecule has 0 amide bonds. The zero-order valence-corrected chi connectivity index (χ0v) is 11.4. The van der Waals surface area contributed by atoms with Gasteiger partial charge in [0.2, 0.25) is 0 Å². The van der Waals surface area contributed by atoms with Crippen molar-refractivity contribution in [1.29, 1.82) is 0 Å². The molecule has 1 aromatic heterocycles. The van der Waals surface area contributed by atoms with E-state index in [9.17, 15) is 0 Å². The van der Waals surface area contributed by atoms with Crippen LogP contribution in [0.5, 0.6) is 0 Å². The summed E-state index contributed by atoms with van der Waals surface area (Å²) in [5, 5.41) is 0. The summed E-state index contributed by atoms with van der Waals surface area (Å²) in [6.07, 6.45) is 9.79. The van der Waals surface area contributed by atoms with E-state index >= 15 is 0 Å². The molecule has 2 heterocycles. The lowest BCUT2D eigenvalue weighted by Gasteiger charge is -2.48. The van der Waals surface area contributed by atoms with Crippen molar-refractivity contribution < 1.29 is 9.15 Å². The minimum absolute atomic E-state index is 0.197. The Morgan fingerprint density at radius 1 is 1.47 bits per heavy atom. The second-order valence-electron chi connectivity index (χ2n) is 6.03. The van der Waals surface area contributed by atoms with E-state index in [1.807, 2.05) is 12.1 Å². The molecule has 1 aliphatic carbocycles. The molecule has 4 heteroatoms. The summed E-state index contributed by atoms with van der Waals surface area (Å²) in [7, 11) is 0. The molecule has 0 aromatic carbocycles. The average molecular weight is 264 g/mol. The van der Waals surface area contributed by atoms with E-state index in [0.717, 1.165) is 31.6 Å². The highest BCUT2D eigenvalue weighted by Gasteiger charge is 2.44. The molecular formula is C15H24N2O2. The number of furan rings is 1. The van der Waals surface area contributed by atoms with Crippen LogP contribution in [0.15, 0.2) is 22.8 Å². The molecule has 106 valence electrons. The van der Waals surface area contributed by atoms with Crippen LogP contribution >= 0.6 is 0 Å². The first kappa shape index (κ1) is 13.2. The van der Waals surface area contributed by atoms with Crippen LogP contribution in [0, 0.1) is 5.92 Å². The van der Waals surface area contributed by atoms with E-state index in [-0.39, 0.29) is 5.60 Å². The lowest BCUT2D eigenvalue weighted by atomic mass is 9.70. The van der Waals surface area contributed by atoms with Crippen LogP contribution in [-0.4, -0.2) is 18.2 Å². The molecule has 19 heavy (non-hydrogen) atoms. The van der Waals surface area contributed by atoms with Gasteiger partial charge in [0.15, 0.2) is 0 Å². The quantitative estimate of drug-likeness (QED) is 0.633. The predicted molar refractivity (Wildman–Crippen MR) is 73.4 cm³/mol. The van der Waals surface area contributed by atoms with Crippen LogP contribution < -0.4 is 11.3 Å². The molecule has 1 saturated carbocycles. The zero-order chi connectivity index (χ0) is 13.1. The van der Waals surface area contributed by atoms with Gasteiger partial charge < -0.3 is 9.15 Å². The van der Waals surface area contributed by atoms with Gasteiger partial charge in [0, 0.05) is 19.1 Å². The van der Waals surface area contributed by atoms with Gasteiger partial charge in [0.25, 0.3) is 0 Å². The maximum Gasteiger partial charge on any atom is 0.103 e. The Balaban J connectivity index is 1.55. The van der Waals surface area contributed by atoms with E-state index in [0.29, 0.717) is 12.0 Å². The van der Waals surface area contributed by atoms with Gasteiger partial charge in [-0.15, -0.1) is 0 Å². The molecule has 4 nitrogen and oxygen atoms in total. The molecule has 3 N–H and O–H groups in total. The zero-order valence-electron chi connectivity index (χ0n) is 11.4. The number of nitrogens with one attached hydrogen (secondary N) is 1. The molecule has 2 aliphatic rings. The number of nitrogens with two attached hydrogens (primary N) is 1. The molecule has 3 rings (SSSR count). The van der Waals surface area contributed by atoms with Gasteiger partial charge in [-0.25, -0.2) is 0 Å². The molecule has 1 aliphatic heterocycles. The Morgan fingerprint density at radius 3 is 3.00 bits per heavy atom. The van der Waals surface area contributed by atoms with Gasteiger partial charge in [-0.1, -0.05) is 0 Å². The fourth-order valence-electron chi connectivity index (χ4n) is 3.54. The molecule has 1 spiro atoms. The number of hydrogen-bond acceptors (Lipinski definition) is 4. The van der Waals surface area contributed by atoms with E-state index in [1.54, 1.807) is 6.26 Å². The van der Waals surface area contributed by atoms with E-state index in [2.05, 4.69) is 5.43 Å². The van der Waals surface area contributed by atoms with E-state index in [1.165, 1.54) is 25.7 Å². The van der Waals surface area contributed by atoms with Gasteiger partial charge in [-0.05, 0) is 56.6 Å². The third kappa shape index (κ3) is 2.86. The number of ether oxygens (including phenoxy) is 1. The largest absolute Gasteiger partial charge is 0.469 e. The topological polar surface area (TPSA) is 60.4 Å². The van der Waals surface area contributed by atoms with Crippen molar-refractivity contribution in [2.45, 2.75) is 56.6 Å². The Hall–Kier alpha value is -0.840. The van der Waals surface area contributed by atoms with Crippen LogP contribution in [0.3, 0.4) is 0 Å². The van der Waals surface area contributed by atoms with Gasteiger partial charge >= 0.3 is 0 Å². The molecule has 1 aromatic rings. The molecular weight excluding hydrogens is 240 g/mol. The van der Waals surface area contributed by atoms with Crippen molar-refractivity contribution in [1.82, 2.24) is 5.43 Å². The monoisotopic (exact) mass is 264 g/mol. The number of rotatable bonds is 5. The van der Waals surface area contributed by atoms with Crippen molar-refractivity contribution in [3.05, 3.63) is 24.2 Å². The summed E-state index contributed by atoms with van der Waals surface area (Å²) < 4.78 is 11.4. The first-order valence-corrected chi connectivity index (χ1v) is 7.44. The van der Waals surface area contributed by atoms with Crippen molar-refractivity contribution in [2.24, 2.45) is 11.8 Å². The lowest BCUT2D eigenvalue weighted by Crippen LogP contribution is -2.51. The first-order chi connectivity index (χ1) is 9.31. The minimum atomic E-state index is 0.197. The smallest absolute Gasteiger partial charge is 0.103 e. The lowest BCUT2D eigenvalue weighted by molar-refractivity contribution is -0.147. The normalized spacial score (nSPS) is 27.1. The Kier molecular flexibility index (Phi) is 3.91. The minimum Gasteiger partial charge on any atom is -0.469 e. The van der Waals surface area contributed by atoms with Gasteiger partial charge in [0.1, 0.15) is 5.76 Å². The predicted octanol–water partition coefficient (Wildman–Crippen LogP) is 2.39. The average Bonchev–Trinajstić information content (AvgIpc) is 2.91. The summed E-state index contributed by atoms with van der Waals surface area (Å²) >= 11 is 0. The molecule has 2 atom stereocenters. The molecule has 0 radical (unpaired) electrons. The van der Waals surface area contributed by atoms with Crippen molar-refractivity contribution >= 4 is 0 Å². The third-order valence-electron chi connectivity index (χ3n) is 4.86. The SMILES string of the molecule is NNC(CCc1ccco1)C1CCOC2(CCC2)C1. The summed E-state index contributed by atoms with van der Waals surface area (Å²) in [4.78, 5) is 0. The summed E-state index contributed by atoms with van der Waals surface area (Å²) in [6, 6.07) is 4.34. The van der Waals surface area contributed by atoms with Crippen LogP contribution in [0.2, 0.25) is 0 Å². The van der Waals surface area contributed by atoms with Crippen molar-refractivity contribution in [2.75, 3.05) is 6.61 Å². The fourth-order valence-corrected chi connectivity index (χ4v) is 3.54. The van der Waals surface area contributed by atoms with E-state index < -0.39 is 0 Å². The van der Waals surface area contributed by atoms with Crippen molar-refractivity contribution in [3.8, 4) is 0 Å². The Morgan fingerprint density at radius 2 is 2.37 bits per heavy atom. The molecule has 2 unspecified atom stereocenters. The number of aryl methyl sites for hydroxylation is 1. The maximum atomic E-state index is 5.99. The fraction of sp³-hybridized carbons (Fsp3) is 0.733. The number of hydrazine groups is 1. The van der Waals surface area contributed by atoms with E-state index in [4.69, 9.17) is 15.0 Å². The molecule has 2 fully saturated rings. The Bertz CT molecular complexity index is 387. The molecule has 0 bridgehead atoms. The van der Waals surface area contributed by atoms with Gasteiger partial charge in [-0.2, -0.15) is 0 Å². The van der Waals surface area contributed by atoms with Crippen LogP contribution in [0.4, 0.5) is 0 Å².